The lowest BCUT2D eigenvalue weighted by Crippen LogP contribution is -1.97. The SMILES string of the molecule is c1ccc(-c2cccc(-n3c4ccccc4c4ccc(-n5c6ccccc6c6c(-c7ccccc7)cccc65)cc43)c2)cc1. The minimum atomic E-state index is 1.15. The summed E-state index contributed by atoms with van der Waals surface area (Å²) in [5, 5.41) is 5.05. The van der Waals surface area contributed by atoms with E-state index in [1.165, 1.54) is 65.9 Å². The zero-order valence-corrected chi connectivity index (χ0v) is 24.1. The van der Waals surface area contributed by atoms with Crippen molar-refractivity contribution in [3.8, 4) is 33.6 Å². The van der Waals surface area contributed by atoms with Crippen LogP contribution in [0.15, 0.2) is 170 Å². The number of para-hydroxylation sites is 2. The van der Waals surface area contributed by atoms with Crippen molar-refractivity contribution in [2.24, 2.45) is 0 Å². The maximum absolute atomic E-state index is 2.43. The molecule has 0 N–H and O–H groups in total. The van der Waals surface area contributed by atoms with Crippen LogP contribution in [-0.4, -0.2) is 9.13 Å². The van der Waals surface area contributed by atoms with E-state index in [1.54, 1.807) is 0 Å². The summed E-state index contributed by atoms with van der Waals surface area (Å²) in [4.78, 5) is 0. The third-order valence-corrected chi connectivity index (χ3v) is 8.91. The molecule has 9 rings (SSSR count). The summed E-state index contributed by atoms with van der Waals surface area (Å²) in [6, 6.07) is 61.4. The highest BCUT2D eigenvalue weighted by Gasteiger charge is 2.18. The Hall–Kier alpha value is -5.86. The van der Waals surface area contributed by atoms with Crippen molar-refractivity contribution < 1.29 is 0 Å². The van der Waals surface area contributed by atoms with Crippen molar-refractivity contribution in [1.82, 2.24) is 9.13 Å². The predicted molar refractivity (Wildman–Crippen MR) is 186 cm³/mol. The molecule has 0 spiro atoms. The molecule has 0 radical (unpaired) electrons. The van der Waals surface area contributed by atoms with Gasteiger partial charge in [-0.2, -0.15) is 0 Å². The molecule has 0 saturated heterocycles. The molecule has 9 aromatic rings. The van der Waals surface area contributed by atoms with Crippen LogP contribution in [0.25, 0.3) is 77.2 Å². The summed E-state index contributed by atoms with van der Waals surface area (Å²) in [6.07, 6.45) is 0. The molecule has 0 unspecified atom stereocenters. The fourth-order valence-corrected chi connectivity index (χ4v) is 6.99. The number of benzene rings is 7. The van der Waals surface area contributed by atoms with Crippen LogP contribution in [0.3, 0.4) is 0 Å². The normalized spacial score (nSPS) is 11.6. The number of hydrogen-bond acceptors (Lipinski definition) is 0. The first kappa shape index (κ1) is 24.7. The molecule has 0 aliphatic rings. The van der Waals surface area contributed by atoms with E-state index in [1.807, 2.05) is 0 Å². The fourth-order valence-electron chi connectivity index (χ4n) is 6.99. The summed E-state index contributed by atoms with van der Waals surface area (Å²) in [7, 11) is 0. The average molecular weight is 561 g/mol. The van der Waals surface area contributed by atoms with Gasteiger partial charge in [0.1, 0.15) is 0 Å². The molecule has 0 aliphatic heterocycles. The van der Waals surface area contributed by atoms with Crippen molar-refractivity contribution in [2.75, 3.05) is 0 Å². The Morgan fingerprint density at radius 2 is 0.841 bits per heavy atom. The summed E-state index contributed by atoms with van der Waals surface area (Å²) in [5.41, 5.74) is 12.0. The maximum atomic E-state index is 2.43. The van der Waals surface area contributed by atoms with Crippen molar-refractivity contribution in [3.63, 3.8) is 0 Å². The van der Waals surface area contributed by atoms with Gasteiger partial charge in [-0.05, 0) is 64.7 Å². The summed E-state index contributed by atoms with van der Waals surface area (Å²) >= 11 is 0. The van der Waals surface area contributed by atoms with E-state index in [0.717, 1.165) is 11.4 Å². The van der Waals surface area contributed by atoms with Gasteiger partial charge in [-0.3, -0.25) is 0 Å². The highest BCUT2D eigenvalue weighted by molar-refractivity contribution is 6.16. The Labute approximate surface area is 255 Å². The van der Waals surface area contributed by atoms with Crippen LogP contribution >= 0.6 is 0 Å². The molecule has 2 heterocycles. The topological polar surface area (TPSA) is 9.86 Å². The van der Waals surface area contributed by atoms with Gasteiger partial charge in [0.05, 0.1) is 22.1 Å². The van der Waals surface area contributed by atoms with Crippen LogP contribution in [0.2, 0.25) is 0 Å². The molecule has 206 valence electrons. The first-order valence-electron chi connectivity index (χ1n) is 15.1. The number of nitrogens with zero attached hydrogens (tertiary/aromatic N) is 2. The quantitative estimate of drug-likeness (QED) is 0.203. The zero-order chi connectivity index (χ0) is 29.0. The van der Waals surface area contributed by atoms with Crippen LogP contribution in [0.4, 0.5) is 0 Å². The molecule has 7 aromatic carbocycles. The molecule has 2 heteroatoms. The molecule has 0 amide bonds. The van der Waals surface area contributed by atoms with Crippen LogP contribution < -0.4 is 0 Å². The summed E-state index contributed by atoms with van der Waals surface area (Å²) in [6.45, 7) is 0. The molecule has 2 nitrogen and oxygen atoms in total. The maximum Gasteiger partial charge on any atom is 0.0561 e. The zero-order valence-electron chi connectivity index (χ0n) is 24.1. The van der Waals surface area contributed by atoms with E-state index in [2.05, 4.69) is 179 Å². The number of hydrogen-bond donors (Lipinski definition) is 0. The summed E-state index contributed by atoms with van der Waals surface area (Å²) < 4.78 is 4.85. The van der Waals surface area contributed by atoms with Gasteiger partial charge in [0.2, 0.25) is 0 Å². The van der Waals surface area contributed by atoms with Gasteiger partial charge in [-0.15, -0.1) is 0 Å². The van der Waals surface area contributed by atoms with Crippen molar-refractivity contribution in [2.45, 2.75) is 0 Å². The minimum absolute atomic E-state index is 1.15. The Morgan fingerprint density at radius 3 is 1.64 bits per heavy atom. The number of fused-ring (bicyclic) bond motifs is 6. The first-order valence-corrected chi connectivity index (χ1v) is 15.1. The lowest BCUT2D eigenvalue weighted by Gasteiger charge is -2.12. The molecule has 0 bridgehead atoms. The second-order valence-electron chi connectivity index (χ2n) is 11.4. The van der Waals surface area contributed by atoms with Crippen LogP contribution in [0.5, 0.6) is 0 Å². The molecule has 0 aliphatic carbocycles. The molecule has 0 fully saturated rings. The first-order chi connectivity index (χ1) is 21.8. The molecular weight excluding hydrogens is 532 g/mol. The van der Waals surface area contributed by atoms with E-state index in [-0.39, 0.29) is 0 Å². The van der Waals surface area contributed by atoms with Gasteiger partial charge in [0, 0.05) is 32.9 Å². The van der Waals surface area contributed by atoms with E-state index in [0.29, 0.717) is 0 Å². The second kappa shape index (κ2) is 9.86. The highest BCUT2D eigenvalue weighted by atomic mass is 15.0. The third kappa shape index (κ3) is 3.75. The van der Waals surface area contributed by atoms with Crippen molar-refractivity contribution in [1.29, 1.82) is 0 Å². The second-order valence-corrected chi connectivity index (χ2v) is 11.4. The van der Waals surface area contributed by atoms with Crippen LogP contribution in [0.1, 0.15) is 0 Å². The average Bonchev–Trinajstić information content (AvgIpc) is 3.62. The molecule has 0 atom stereocenters. The Balaban J connectivity index is 1.33. The van der Waals surface area contributed by atoms with Crippen LogP contribution in [0, 0.1) is 0 Å². The third-order valence-electron chi connectivity index (χ3n) is 8.91. The smallest absolute Gasteiger partial charge is 0.0561 e. The Bertz CT molecular complexity index is 2480. The van der Waals surface area contributed by atoms with Gasteiger partial charge in [0.25, 0.3) is 0 Å². The van der Waals surface area contributed by atoms with E-state index >= 15 is 0 Å². The van der Waals surface area contributed by atoms with Crippen molar-refractivity contribution in [3.05, 3.63) is 170 Å². The lowest BCUT2D eigenvalue weighted by molar-refractivity contribution is 1.15. The van der Waals surface area contributed by atoms with E-state index in [9.17, 15) is 0 Å². The molecule has 2 aromatic heterocycles. The highest BCUT2D eigenvalue weighted by Crippen LogP contribution is 2.40. The van der Waals surface area contributed by atoms with Gasteiger partial charge in [-0.25, -0.2) is 0 Å². The Kier molecular flexibility index (Phi) is 5.54. The van der Waals surface area contributed by atoms with Gasteiger partial charge in [-0.1, -0.05) is 127 Å². The van der Waals surface area contributed by atoms with Crippen LogP contribution in [-0.2, 0) is 0 Å². The fraction of sp³-hybridized carbons (Fsp3) is 0. The number of rotatable bonds is 4. The predicted octanol–water partition coefficient (Wildman–Crippen LogP) is 11.2. The van der Waals surface area contributed by atoms with Gasteiger partial charge < -0.3 is 9.13 Å². The van der Waals surface area contributed by atoms with E-state index in [4.69, 9.17) is 0 Å². The number of aromatic nitrogens is 2. The molecule has 44 heavy (non-hydrogen) atoms. The minimum Gasteiger partial charge on any atom is -0.309 e. The van der Waals surface area contributed by atoms with Gasteiger partial charge in [0.15, 0.2) is 0 Å². The van der Waals surface area contributed by atoms with Gasteiger partial charge >= 0.3 is 0 Å². The van der Waals surface area contributed by atoms with Crippen molar-refractivity contribution >= 4 is 43.6 Å². The molecule has 0 saturated carbocycles. The largest absolute Gasteiger partial charge is 0.309 e. The van der Waals surface area contributed by atoms with E-state index < -0.39 is 0 Å². The molecular formula is C42H28N2. The standard InChI is InChI=1S/C42H28N2/c1-3-13-29(14-4-1)31-17-11-18-32(27-31)44-38-22-9-7-19-35(38)36-26-25-33(28-41(36)44)43-39-23-10-8-20-37(39)42-34(21-12-24-40(42)43)30-15-5-2-6-16-30/h1-28H. The Morgan fingerprint density at radius 1 is 0.295 bits per heavy atom. The summed E-state index contributed by atoms with van der Waals surface area (Å²) in [5.74, 6) is 0. The lowest BCUT2D eigenvalue weighted by atomic mass is 9.99. The monoisotopic (exact) mass is 560 g/mol.